The van der Waals surface area contributed by atoms with E-state index in [1.165, 1.54) is 11.8 Å². The van der Waals surface area contributed by atoms with Crippen LogP contribution in [0.2, 0.25) is 10.0 Å². The Labute approximate surface area is 159 Å². The minimum atomic E-state index is -0.971. The molecule has 0 radical (unpaired) electrons. The molecular formula is C17H15Cl2NO4S. The average molecular weight is 400 g/mol. The third-order valence-electron chi connectivity index (χ3n) is 3.07. The molecule has 0 spiro atoms. The first-order valence-corrected chi connectivity index (χ1v) is 8.92. The Morgan fingerprint density at radius 2 is 1.60 bits per heavy atom. The Kier molecular flexibility index (Phi) is 7.43. The van der Waals surface area contributed by atoms with Crippen LogP contribution in [-0.4, -0.2) is 29.0 Å². The molecule has 1 unspecified atom stereocenters. The lowest BCUT2D eigenvalue weighted by Crippen LogP contribution is -2.21. The van der Waals surface area contributed by atoms with Crippen molar-refractivity contribution in [3.63, 3.8) is 0 Å². The monoisotopic (exact) mass is 399 g/mol. The molecule has 0 bridgehead atoms. The lowest BCUT2D eigenvalue weighted by Gasteiger charge is -2.13. The molecule has 0 saturated heterocycles. The molecule has 132 valence electrons. The van der Waals surface area contributed by atoms with Crippen LogP contribution >= 0.6 is 35.0 Å². The van der Waals surface area contributed by atoms with E-state index in [2.05, 4.69) is 5.32 Å². The van der Waals surface area contributed by atoms with Gasteiger partial charge in [0.2, 0.25) is 0 Å². The molecule has 2 aromatic rings. The van der Waals surface area contributed by atoms with Gasteiger partial charge in [-0.1, -0.05) is 23.2 Å². The van der Waals surface area contributed by atoms with Crippen LogP contribution in [0.5, 0.6) is 0 Å². The highest BCUT2D eigenvalue weighted by Gasteiger charge is 2.19. The predicted octanol–water partition coefficient (Wildman–Crippen LogP) is 5.18. The Morgan fingerprint density at radius 1 is 1.04 bits per heavy atom. The van der Waals surface area contributed by atoms with Crippen molar-refractivity contribution in [2.75, 3.05) is 11.9 Å². The van der Waals surface area contributed by atoms with Crippen molar-refractivity contribution in [1.29, 1.82) is 0 Å². The zero-order valence-electron chi connectivity index (χ0n) is 12.9. The highest BCUT2D eigenvalue weighted by molar-refractivity contribution is 8.00. The summed E-state index contributed by atoms with van der Waals surface area (Å²) in [6.07, 6.45) is -0.473. The number of rotatable bonds is 7. The fourth-order valence-corrected chi connectivity index (χ4v) is 3.04. The van der Waals surface area contributed by atoms with Crippen LogP contribution in [0.3, 0.4) is 0 Å². The van der Waals surface area contributed by atoms with E-state index in [4.69, 9.17) is 27.9 Å². The summed E-state index contributed by atoms with van der Waals surface area (Å²) in [6, 6.07) is 13.4. The lowest BCUT2D eigenvalue weighted by molar-refractivity contribution is -0.136. The van der Waals surface area contributed by atoms with Gasteiger partial charge in [-0.25, -0.2) is 4.79 Å². The van der Waals surface area contributed by atoms with E-state index in [1.54, 1.807) is 48.5 Å². The number of amides is 1. The van der Waals surface area contributed by atoms with Gasteiger partial charge < -0.3 is 9.84 Å². The summed E-state index contributed by atoms with van der Waals surface area (Å²) in [5.41, 5.74) is 0.541. The van der Waals surface area contributed by atoms with Gasteiger partial charge in [0.15, 0.2) is 0 Å². The Bertz CT molecular complexity index is 722. The third kappa shape index (κ3) is 6.86. The first kappa shape index (κ1) is 19.4. The molecule has 1 amide bonds. The summed E-state index contributed by atoms with van der Waals surface area (Å²) < 4.78 is 5.03. The fraction of sp³-hybridized carbons (Fsp3) is 0.176. The van der Waals surface area contributed by atoms with E-state index >= 15 is 0 Å². The van der Waals surface area contributed by atoms with E-state index in [-0.39, 0.29) is 13.0 Å². The van der Waals surface area contributed by atoms with Crippen LogP contribution in [0, 0.1) is 0 Å². The molecule has 8 heteroatoms. The van der Waals surface area contributed by atoms with Crippen molar-refractivity contribution in [3.8, 4) is 0 Å². The molecule has 0 saturated carbocycles. The first-order chi connectivity index (χ1) is 11.9. The molecule has 1 atom stereocenters. The van der Waals surface area contributed by atoms with Crippen molar-refractivity contribution >= 4 is 52.7 Å². The number of benzene rings is 2. The third-order valence-corrected chi connectivity index (χ3v) is 4.84. The minimum Gasteiger partial charge on any atom is -0.480 e. The minimum absolute atomic E-state index is 0.0169. The molecule has 2 N–H and O–H groups in total. The number of carbonyl (C=O) groups is 2. The van der Waals surface area contributed by atoms with Gasteiger partial charge in [0.1, 0.15) is 5.25 Å². The summed E-state index contributed by atoms with van der Waals surface area (Å²) in [5.74, 6) is -0.971. The number of hydrogen-bond acceptors (Lipinski definition) is 4. The quantitative estimate of drug-likeness (QED) is 0.627. The molecular weight excluding hydrogens is 385 g/mol. The smallest absolute Gasteiger partial charge is 0.411 e. The number of hydrogen-bond donors (Lipinski definition) is 2. The highest BCUT2D eigenvalue weighted by Crippen LogP contribution is 2.27. The number of anilines is 1. The molecule has 5 nitrogen and oxygen atoms in total. The van der Waals surface area contributed by atoms with Gasteiger partial charge in [0.25, 0.3) is 0 Å². The topological polar surface area (TPSA) is 75.6 Å². The van der Waals surface area contributed by atoms with Crippen molar-refractivity contribution in [3.05, 3.63) is 58.6 Å². The first-order valence-electron chi connectivity index (χ1n) is 7.28. The largest absolute Gasteiger partial charge is 0.480 e. The molecule has 25 heavy (non-hydrogen) atoms. The van der Waals surface area contributed by atoms with Gasteiger partial charge in [0, 0.05) is 27.0 Å². The van der Waals surface area contributed by atoms with Crippen molar-refractivity contribution < 1.29 is 19.4 Å². The van der Waals surface area contributed by atoms with Gasteiger partial charge >= 0.3 is 12.1 Å². The van der Waals surface area contributed by atoms with Crippen LogP contribution in [0.4, 0.5) is 10.5 Å². The van der Waals surface area contributed by atoms with Crippen LogP contribution in [-0.2, 0) is 9.53 Å². The lowest BCUT2D eigenvalue weighted by atomic mass is 10.3. The van der Waals surface area contributed by atoms with E-state index in [1.807, 2.05) is 0 Å². The van der Waals surface area contributed by atoms with Crippen molar-refractivity contribution in [1.82, 2.24) is 0 Å². The summed E-state index contributed by atoms with van der Waals surface area (Å²) in [4.78, 5) is 23.8. The Morgan fingerprint density at radius 3 is 2.16 bits per heavy atom. The number of carboxylic acids is 1. The molecule has 0 heterocycles. The SMILES string of the molecule is O=C(Nc1ccc(Cl)cc1)OCCC(Sc1ccc(Cl)cc1)C(=O)O. The predicted molar refractivity (Wildman–Crippen MR) is 99.8 cm³/mol. The van der Waals surface area contributed by atoms with Gasteiger partial charge in [-0.2, -0.15) is 0 Å². The molecule has 0 aromatic heterocycles. The Balaban J connectivity index is 1.80. The number of carboxylic acid groups (broad SMARTS) is 1. The fourth-order valence-electron chi connectivity index (χ4n) is 1.86. The van der Waals surface area contributed by atoms with Crippen LogP contribution in [0.15, 0.2) is 53.4 Å². The molecule has 2 aromatic carbocycles. The molecule has 2 rings (SSSR count). The molecule has 0 fully saturated rings. The number of halogens is 2. The summed E-state index contributed by atoms with van der Waals surface area (Å²) in [6.45, 7) is -0.0169. The average Bonchev–Trinajstić information content (AvgIpc) is 2.57. The summed E-state index contributed by atoms with van der Waals surface area (Å²) in [7, 11) is 0. The molecule has 0 aliphatic heterocycles. The van der Waals surface area contributed by atoms with Crippen molar-refractivity contribution in [2.24, 2.45) is 0 Å². The maximum absolute atomic E-state index is 11.7. The number of nitrogens with one attached hydrogen (secondary N) is 1. The summed E-state index contributed by atoms with van der Waals surface area (Å²) >= 11 is 12.7. The van der Waals surface area contributed by atoms with E-state index in [9.17, 15) is 14.7 Å². The number of aliphatic carboxylic acids is 1. The van der Waals surface area contributed by atoms with E-state index in [0.717, 1.165) is 4.90 Å². The number of carbonyl (C=O) groups excluding carboxylic acids is 1. The van der Waals surface area contributed by atoms with Crippen LogP contribution in [0.25, 0.3) is 0 Å². The maximum Gasteiger partial charge on any atom is 0.411 e. The molecule has 0 aliphatic carbocycles. The second kappa shape index (κ2) is 9.56. The Hall–Kier alpha value is -1.89. The number of ether oxygens (including phenoxy) is 1. The maximum atomic E-state index is 11.7. The van der Waals surface area contributed by atoms with E-state index in [0.29, 0.717) is 15.7 Å². The van der Waals surface area contributed by atoms with Crippen molar-refractivity contribution in [2.45, 2.75) is 16.6 Å². The normalized spacial score (nSPS) is 11.6. The summed E-state index contributed by atoms with van der Waals surface area (Å²) in [5, 5.41) is 12.2. The van der Waals surface area contributed by atoms with Crippen LogP contribution < -0.4 is 5.32 Å². The van der Waals surface area contributed by atoms with Gasteiger partial charge in [-0.05, 0) is 48.5 Å². The standard InChI is InChI=1S/C17H15Cl2NO4S/c18-11-1-5-13(6-2-11)20-17(23)24-10-9-15(16(21)22)25-14-7-3-12(19)4-8-14/h1-8,15H,9-10H2,(H,20,23)(H,21,22). The zero-order valence-corrected chi connectivity index (χ0v) is 15.3. The molecule has 0 aliphatic rings. The van der Waals surface area contributed by atoms with E-state index < -0.39 is 17.3 Å². The zero-order chi connectivity index (χ0) is 18.2. The van der Waals surface area contributed by atoms with Crippen LogP contribution in [0.1, 0.15) is 6.42 Å². The van der Waals surface area contributed by atoms with Gasteiger partial charge in [-0.15, -0.1) is 11.8 Å². The highest BCUT2D eigenvalue weighted by atomic mass is 35.5. The second-order valence-electron chi connectivity index (χ2n) is 4.96. The number of thioether (sulfide) groups is 1. The van der Waals surface area contributed by atoms with Gasteiger partial charge in [-0.3, -0.25) is 10.1 Å². The second-order valence-corrected chi connectivity index (χ2v) is 7.10. The van der Waals surface area contributed by atoms with Gasteiger partial charge in [0.05, 0.1) is 6.61 Å².